The molecule has 0 saturated heterocycles. The summed E-state index contributed by atoms with van der Waals surface area (Å²) in [4.78, 5) is 13.5. The van der Waals surface area contributed by atoms with Crippen molar-refractivity contribution in [1.29, 1.82) is 0 Å². The van der Waals surface area contributed by atoms with Crippen LogP contribution in [0.25, 0.3) is 22.6 Å². The first-order valence-corrected chi connectivity index (χ1v) is 7.99. The second-order valence-corrected chi connectivity index (χ2v) is 6.32. The van der Waals surface area contributed by atoms with E-state index in [2.05, 4.69) is 54.4 Å². The molecule has 2 aromatic heterocycles. The highest BCUT2D eigenvalue weighted by Gasteiger charge is 2.19. The summed E-state index contributed by atoms with van der Waals surface area (Å²) in [6.45, 7) is 9.09. The van der Waals surface area contributed by atoms with Gasteiger partial charge in [0.25, 0.3) is 0 Å². The Hall–Kier alpha value is -2.43. The van der Waals surface area contributed by atoms with Crippen LogP contribution >= 0.6 is 0 Å². The zero-order valence-corrected chi connectivity index (χ0v) is 14.0. The molecule has 23 heavy (non-hydrogen) atoms. The van der Waals surface area contributed by atoms with Gasteiger partial charge in [-0.3, -0.25) is 0 Å². The lowest BCUT2D eigenvalue weighted by Gasteiger charge is -2.12. The molecule has 0 saturated carbocycles. The molecule has 3 rings (SSSR count). The predicted octanol–water partition coefficient (Wildman–Crippen LogP) is 4.11. The fourth-order valence-corrected chi connectivity index (χ4v) is 2.52. The molecule has 0 atom stereocenters. The number of hydrogen-bond donors (Lipinski definition) is 0. The van der Waals surface area contributed by atoms with E-state index in [0.29, 0.717) is 18.4 Å². The smallest absolute Gasteiger partial charge is 0.245 e. The number of fused-ring (bicyclic) bond motifs is 1. The third-order valence-corrected chi connectivity index (χ3v) is 3.55. The predicted molar refractivity (Wildman–Crippen MR) is 91.5 cm³/mol. The maximum Gasteiger partial charge on any atom is 0.245 e. The fraction of sp³-hybridized carbons (Fsp3) is 0.389. The van der Waals surface area contributed by atoms with Gasteiger partial charge < -0.3 is 9.30 Å². The van der Waals surface area contributed by atoms with E-state index >= 15 is 0 Å². The number of benzene rings is 1. The Morgan fingerprint density at radius 1 is 1.04 bits per heavy atom. The van der Waals surface area contributed by atoms with Gasteiger partial charge in [0.15, 0.2) is 11.2 Å². The van der Waals surface area contributed by atoms with Crippen LogP contribution in [-0.4, -0.2) is 26.1 Å². The summed E-state index contributed by atoms with van der Waals surface area (Å²) in [5.41, 5.74) is 2.60. The number of rotatable bonds is 5. The van der Waals surface area contributed by atoms with E-state index in [9.17, 15) is 0 Å². The van der Waals surface area contributed by atoms with Crippen molar-refractivity contribution in [1.82, 2.24) is 19.5 Å². The Morgan fingerprint density at radius 2 is 1.78 bits per heavy atom. The molecule has 2 heterocycles. The minimum atomic E-state index is 0.239. The van der Waals surface area contributed by atoms with Crippen molar-refractivity contribution < 1.29 is 4.74 Å². The largest absolute Gasteiger partial charge is 0.476 e. The lowest BCUT2D eigenvalue weighted by atomic mass is 10.2. The first-order valence-electron chi connectivity index (χ1n) is 7.99. The minimum absolute atomic E-state index is 0.239. The standard InChI is InChI=1S/C18H22N4O/c1-12(2)10-23-18-15-17(19-11-20-18)22(13(3)4)16(21-15)14-8-6-5-7-9-14/h5-9,11-13H,10H2,1-4H3. The summed E-state index contributed by atoms with van der Waals surface area (Å²) in [6.07, 6.45) is 1.55. The molecule has 0 aliphatic heterocycles. The van der Waals surface area contributed by atoms with Crippen LogP contribution in [0.5, 0.6) is 5.88 Å². The van der Waals surface area contributed by atoms with Crippen LogP contribution < -0.4 is 4.74 Å². The molecular weight excluding hydrogens is 288 g/mol. The van der Waals surface area contributed by atoms with E-state index in [4.69, 9.17) is 9.72 Å². The van der Waals surface area contributed by atoms with Gasteiger partial charge in [-0.1, -0.05) is 44.2 Å². The molecule has 1 aromatic carbocycles. The highest BCUT2D eigenvalue weighted by molar-refractivity contribution is 5.81. The number of ether oxygens (including phenoxy) is 1. The van der Waals surface area contributed by atoms with Crippen molar-refractivity contribution in [3.05, 3.63) is 36.7 Å². The Labute approximate surface area is 136 Å². The van der Waals surface area contributed by atoms with E-state index in [1.54, 1.807) is 6.33 Å². The van der Waals surface area contributed by atoms with E-state index in [-0.39, 0.29) is 6.04 Å². The van der Waals surface area contributed by atoms with Gasteiger partial charge in [0.1, 0.15) is 12.2 Å². The molecular formula is C18H22N4O. The molecule has 0 unspecified atom stereocenters. The van der Waals surface area contributed by atoms with Crippen LogP contribution in [0.3, 0.4) is 0 Å². The van der Waals surface area contributed by atoms with Gasteiger partial charge in [0.2, 0.25) is 5.88 Å². The maximum atomic E-state index is 5.84. The van der Waals surface area contributed by atoms with E-state index in [1.165, 1.54) is 0 Å². The molecule has 0 aliphatic rings. The van der Waals surface area contributed by atoms with Gasteiger partial charge in [-0.2, -0.15) is 4.98 Å². The molecule has 0 spiro atoms. The quantitative estimate of drug-likeness (QED) is 0.711. The van der Waals surface area contributed by atoms with Gasteiger partial charge in [-0.15, -0.1) is 0 Å². The van der Waals surface area contributed by atoms with Crippen LogP contribution in [0.1, 0.15) is 33.7 Å². The molecule has 0 amide bonds. The number of imidazole rings is 1. The SMILES string of the molecule is CC(C)COc1ncnc2c1nc(-c1ccccc1)n2C(C)C. The third kappa shape index (κ3) is 3.04. The number of hydrogen-bond acceptors (Lipinski definition) is 4. The Bertz CT molecular complexity index is 793. The monoisotopic (exact) mass is 310 g/mol. The van der Waals surface area contributed by atoms with Crippen LogP contribution in [0.15, 0.2) is 36.7 Å². The summed E-state index contributed by atoms with van der Waals surface area (Å²) in [5, 5.41) is 0. The average Bonchev–Trinajstić information content (AvgIpc) is 2.93. The Morgan fingerprint density at radius 3 is 2.43 bits per heavy atom. The Kier molecular flexibility index (Phi) is 4.28. The third-order valence-electron chi connectivity index (χ3n) is 3.55. The van der Waals surface area contributed by atoms with Crippen LogP contribution in [0, 0.1) is 5.92 Å². The summed E-state index contributed by atoms with van der Waals surface area (Å²) >= 11 is 0. The lowest BCUT2D eigenvalue weighted by Crippen LogP contribution is -2.07. The fourth-order valence-electron chi connectivity index (χ4n) is 2.52. The first kappa shape index (κ1) is 15.5. The minimum Gasteiger partial charge on any atom is -0.476 e. The normalized spacial score (nSPS) is 11.6. The summed E-state index contributed by atoms with van der Waals surface area (Å²) in [6, 6.07) is 10.4. The molecule has 5 nitrogen and oxygen atoms in total. The number of nitrogens with zero attached hydrogens (tertiary/aromatic N) is 4. The highest BCUT2D eigenvalue weighted by atomic mass is 16.5. The van der Waals surface area contributed by atoms with Gasteiger partial charge in [-0.05, 0) is 19.8 Å². The van der Waals surface area contributed by atoms with E-state index < -0.39 is 0 Å². The highest BCUT2D eigenvalue weighted by Crippen LogP contribution is 2.30. The summed E-state index contributed by atoms with van der Waals surface area (Å²) < 4.78 is 7.97. The van der Waals surface area contributed by atoms with E-state index in [0.717, 1.165) is 22.6 Å². The molecule has 0 aliphatic carbocycles. The second kappa shape index (κ2) is 6.36. The van der Waals surface area contributed by atoms with Crippen molar-refractivity contribution in [2.75, 3.05) is 6.61 Å². The van der Waals surface area contributed by atoms with Gasteiger partial charge in [0.05, 0.1) is 6.61 Å². The Balaban J connectivity index is 2.17. The van der Waals surface area contributed by atoms with Crippen LogP contribution in [-0.2, 0) is 0 Å². The molecule has 0 bridgehead atoms. The van der Waals surface area contributed by atoms with Crippen molar-refractivity contribution in [3.63, 3.8) is 0 Å². The zero-order chi connectivity index (χ0) is 16.4. The van der Waals surface area contributed by atoms with Crippen LogP contribution in [0.2, 0.25) is 0 Å². The summed E-state index contributed by atoms with van der Waals surface area (Å²) in [5.74, 6) is 1.88. The van der Waals surface area contributed by atoms with Crippen molar-refractivity contribution in [3.8, 4) is 17.3 Å². The molecule has 3 aromatic rings. The lowest BCUT2D eigenvalue weighted by molar-refractivity contribution is 0.264. The second-order valence-electron chi connectivity index (χ2n) is 6.32. The van der Waals surface area contributed by atoms with Gasteiger partial charge >= 0.3 is 0 Å². The van der Waals surface area contributed by atoms with Crippen molar-refractivity contribution in [2.45, 2.75) is 33.7 Å². The van der Waals surface area contributed by atoms with Gasteiger partial charge in [-0.25, -0.2) is 9.97 Å². The number of aromatic nitrogens is 4. The van der Waals surface area contributed by atoms with Gasteiger partial charge in [0, 0.05) is 11.6 Å². The topological polar surface area (TPSA) is 52.8 Å². The zero-order valence-electron chi connectivity index (χ0n) is 14.0. The first-order chi connectivity index (χ1) is 11.1. The molecule has 0 N–H and O–H groups in total. The maximum absolute atomic E-state index is 5.84. The van der Waals surface area contributed by atoms with E-state index in [1.807, 2.05) is 18.2 Å². The van der Waals surface area contributed by atoms with Crippen molar-refractivity contribution in [2.24, 2.45) is 5.92 Å². The van der Waals surface area contributed by atoms with Crippen LogP contribution in [0.4, 0.5) is 0 Å². The molecule has 0 radical (unpaired) electrons. The summed E-state index contributed by atoms with van der Waals surface area (Å²) in [7, 11) is 0. The molecule has 5 heteroatoms. The molecule has 120 valence electrons. The molecule has 0 fully saturated rings. The average molecular weight is 310 g/mol. The van der Waals surface area contributed by atoms with Crippen molar-refractivity contribution >= 4 is 11.2 Å².